The third-order valence-corrected chi connectivity index (χ3v) is 16.6. The van der Waals surface area contributed by atoms with Crippen LogP contribution in [-0.2, 0) is 0 Å². The van der Waals surface area contributed by atoms with Gasteiger partial charge in [0.05, 0.1) is 0 Å². The fourth-order valence-electron chi connectivity index (χ4n) is 11.6. The van der Waals surface area contributed by atoms with Crippen LogP contribution in [-0.4, -0.2) is 17.2 Å². The normalized spacial score (nSPS) is 10.4. The highest BCUT2D eigenvalue weighted by Crippen LogP contribution is 2.42. The predicted molar refractivity (Wildman–Crippen MR) is 393 cm³/mol. The molecular weight excluding hydrogens is 1160 g/mol. The highest BCUT2D eigenvalue weighted by Gasteiger charge is 2.16. The summed E-state index contributed by atoms with van der Waals surface area (Å²) >= 11 is 12.4. The summed E-state index contributed by atoms with van der Waals surface area (Å²) in [7, 11) is -1.43. The van der Waals surface area contributed by atoms with Gasteiger partial charge in [-0.1, -0.05) is 271 Å². The molecule has 0 spiro atoms. The molecule has 0 heterocycles. The SMILES string of the molecule is CC#CC#Cc1ccc(-c2ccc(-c3cc(-c4ccc(-c5ccc(C)cc5)cc4)cc(-c4c5ccccc5cc5ccccc45)c3)cc2)cc1.CC#CC#Cc1ccc(-c2ccc(B(O)O)cc2)cc1.Clc1cc(Cl)cc(-c2c3ccccc3cc3ccccc23)c1. The van der Waals surface area contributed by atoms with E-state index < -0.39 is 7.12 Å². The van der Waals surface area contributed by atoms with Gasteiger partial charge >= 0.3 is 7.12 Å². The highest BCUT2D eigenvalue weighted by atomic mass is 35.5. The van der Waals surface area contributed by atoms with Crippen molar-refractivity contribution in [1.29, 1.82) is 0 Å². The summed E-state index contributed by atoms with van der Waals surface area (Å²) in [5.74, 6) is 22.8. The molecule has 0 bridgehead atoms. The molecule has 0 atom stereocenters. The van der Waals surface area contributed by atoms with Crippen LogP contribution in [0.5, 0.6) is 0 Å². The molecular formula is C87H59BCl2O2. The zero-order valence-electron chi connectivity index (χ0n) is 50.9. The van der Waals surface area contributed by atoms with E-state index in [-0.39, 0.29) is 0 Å². The van der Waals surface area contributed by atoms with Crippen LogP contribution in [0.4, 0.5) is 0 Å². The van der Waals surface area contributed by atoms with Crippen molar-refractivity contribution < 1.29 is 10.0 Å². The van der Waals surface area contributed by atoms with Crippen LogP contribution in [0.25, 0.3) is 121 Å². The van der Waals surface area contributed by atoms with E-state index in [0.29, 0.717) is 15.5 Å². The first kappa shape index (κ1) is 61.2. The lowest BCUT2D eigenvalue weighted by Gasteiger charge is -2.16. The molecule has 0 aliphatic rings. The molecule has 0 unspecified atom stereocenters. The van der Waals surface area contributed by atoms with Gasteiger partial charge < -0.3 is 10.0 Å². The quantitative estimate of drug-likeness (QED) is 0.0904. The molecule has 14 aromatic rings. The molecule has 0 aliphatic heterocycles. The van der Waals surface area contributed by atoms with Crippen LogP contribution in [0.1, 0.15) is 30.5 Å². The largest absolute Gasteiger partial charge is 0.488 e. The lowest BCUT2D eigenvalue weighted by molar-refractivity contribution is 0.426. The van der Waals surface area contributed by atoms with Gasteiger partial charge in [-0.2, -0.15) is 0 Å². The van der Waals surface area contributed by atoms with Gasteiger partial charge in [0.2, 0.25) is 0 Å². The van der Waals surface area contributed by atoms with E-state index in [1.807, 2.05) is 48.5 Å². The van der Waals surface area contributed by atoms with Gasteiger partial charge in [0.25, 0.3) is 0 Å². The number of halogens is 2. The van der Waals surface area contributed by atoms with Crippen molar-refractivity contribution >= 4 is 78.9 Å². The smallest absolute Gasteiger partial charge is 0.423 e. The number of fused-ring (bicyclic) bond motifs is 4. The average molecular weight is 1220 g/mol. The maximum absolute atomic E-state index is 9.05. The summed E-state index contributed by atoms with van der Waals surface area (Å²) in [6, 6.07) is 102. The van der Waals surface area contributed by atoms with Crippen molar-refractivity contribution in [3.8, 4) is 125 Å². The van der Waals surface area contributed by atoms with Gasteiger partial charge in [-0.05, 0) is 244 Å². The summed E-state index contributed by atoms with van der Waals surface area (Å²) in [5.41, 5.74) is 19.9. The van der Waals surface area contributed by atoms with Crippen molar-refractivity contribution in [1.82, 2.24) is 0 Å². The van der Waals surface area contributed by atoms with E-state index in [1.165, 1.54) is 104 Å². The molecule has 436 valence electrons. The summed E-state index contributed by atoms with van der Waals surface area (Å²) in [6.07, 6.45) is 0. The number of hydrogen-bond acceptors (Lipinski definition) is 2. The second kappa shape index (κ2) is 28.6. The first-order chi connectivity index (χ1) is 45.0. The third kappa shape index (κ3) is 14.3. The number of aryl methyl sites for hydroxylation is 1. The van der Waals surface area contributed by atoms with Gasteiger partial charge in [-0.15, -0.1) is 0 Å². The van der Waals surface area contributed by atoms with Gasteiger partial charge in [0.15, 0.2) is 0 Å². The molecule has 2 nitrogen and oxygen atoms in total. The van der Waals surface area contributed by atoms with Crippen molar-refractivity contribution in [3.05, 3.63) is 318 Å². The molecule has 0 saturated carbocycles. The lowest BCUT2D eigenvalue weighted by Crippen LogP contribution is -2.29. The van der Waals surface area contributed by atoms with Crippen LogP contribution in [0.3, 0.4) is 0 Å². The first-order valence-electron chi connectivity index (χ1n) is 30.3. The fourth-order valence-corrected chi connectivity index (χ4v) is 12.1. The maximum Gasteiger partial charge on any atom is 0.488 e. The molecule has 14 aromatic carbocycles. The van der Waals surface area contributed by atoms with Crippen LogP contribution in [0.15, 0.2) is 291 Å². The van der Waals surface area contributed by atoms with Gasteiger partial charge in [0, 0.05) is 21.2 Å². The summed E-state index contributed by atoms with van der Waals surface area (Å²) in [6.45, 7) is 5.68. The Balaban J connectivity index is 0.000000159. The van der Waals surface area contributed by atoms with E-state index in [4.69, 9.17) is 33.2 Å². The van der Waals surface area contributed by atoms with Crippen LogP contribution in [0.2, 0.25) is 10.0 Å². The molecule has 0 amide bonds. The Morgan fingerprint density at radius 1 is 0.283 bits per heavy atom. The van der Waals surface area contributed by atoms with Crippen LogP contribution < -0.4 is 5.46 Å². The van der Waals surface area contributed by atoms with E-state index in [1.54, 1.807) is 32.0 Å². The fraction of sp³-hybridized carbons (Fsp3) is 0.0345. The second-order valence-electron chi connectivity index (χ2n) is 22.3. The monoisotopic (exact) mass is 1220 g/mol. The Labute approximate surface area is 549 Å². The molecule has 0 radical (unpaired) electrons. The topological polar surface area (TPSA) is 40.5 Å². The van der Waals surface area contributed by atoms with Gasteiger partial charge in [-0.3, -0.25) is 0 Å². The Morgan fingerprint density at radius 2 is 0.565 bits per heavy atom. The number of hydrogen-bond donors (Lipinski definition) is 2. The minimum absolute atomic E-state index is 0.481. The average Bonchev–Trinajstić information content (AvgIpc) is 0.777. The Morgan fingerprint density at radius 3 is 0.902 bits per heavy atom. The molecule has 14 rings (SSSR count). The van der Waals surface area contributed by atoms with Crippen molar-refractivity contribution in [3.63, 3.8) is 0 Å². The minimum Gasteiger partial charge on any atom is -0.423 e. The minimum atomic E-state index is -1.43. The Bertz CT molecular complexity index is 5150. The van der Waals surface area contributed by atoms with Crippen LogP contribution in [0, 0.1) is 54.3 Å². The Hall–Kier alpha value is -11.1. The van der Waals surface area contributed by atoms with Crippen molar-refractivity contribution in [2.45, 2.75) is 20.8 Å². The third-order valence-electron chi connectivity index (χ3n) is 16.2. The van der Waals surface area contributed by atoms with E-state index in [9.17, 15) is 0 Å². The van der Waals surface area contributed by atoms with E-state index >= 15 is 0 Å². The van der Waals surface area contributed by atoms with Crippen molar-refractivity contribution in [2.24, 2.45) is 0 Å². The van der Waals surface area contributed by atoms with Crippen LogP contribution >= 0.6 is 23.2 Å². The zero-order valence-corrected chi connectivity index (χ0v) is 52.5. The van der Waals surface area contributed by atoms with E-state index in [2.05, 4.69) is 279 Å². The molecule has 0 aliphatic carbocycles. The zero-order chi connectivity index (χ0) is 63.3. The molecule has 5 heteroatoms. The summed E-state index contributed by atoms with van der Waals surface area (Å²) in [5, 5.41) is 29.3. The highest BCUT2D eigenvalue weighted by molar-refractivity contribution is 6.58. The lowest BCUT2D eigenvalue weighted by atomic mass is 9.80. The van der Waals surface area contributed by atoms with Gasteiger partial charge in [0.1, 0.15) is 0 Å². The molecule has 2 N–H and O–H groups in total. The number of rotatable bonds is 8. The summed E-state index contributed by atoms with van der Waals surface area (Å²) in [4.78, 5) is 0. The summed E-state index contributed by atoms with van der Waals surface area (Å²) < 4.78 is 0. The van der Waals surface area contributed by atoms with Crippen molar-refractivity contribution in [2.75, 3.05) is 0 Å². The van der Waals surface area contributed by atoms with Gasteiger partial charge in [-0.25, -0.2) is 0 Å². The number of benzene rings is 14. The second-order valence-corrected chi connectivity index (χ2v) is 23.1. The Kier molecular flexibility index (Phi) is 19.0. The molecule has 92 heavy (non-hydrogen) atoms. The molecule has 0 fully saturated rings. The van der Waals surface area contributed by atoms with E-state index in [0.717, 1.165) is 33.4 Å². The molecule has 0 saturated heterocycles. The first-order valence-corrected chi connectivity index (χ1v) is 31.0. The molecule has 0 aromatic heterocycles. The predicted octanol–water partition coefficient (Wildman–Crippen LogP) is 21.4. The maximum atomic E-state index is 9.05. The standard InChI is InChI=1S/C50H34.C20H12Cl2.C17H13BO2/c1-3-4-5-10-36-17-21-38(22-18-36)40-25-29-42(30-26-40)46-32-45(41-27-23-39(24-28-41)37-19-15-35(2)16-20-37)33-47(34-46)50-48-13-8-6-11-43(48)31-44-12-7-9-14-49(44)50;21-16-10-15(11-17(22)12-16)20-18-7-3-1-5-13(18)9-14-6-2-4-8-19(14)20;1-2-3-4-5-14-6-8-15(9-7-14)16-10-12-17(13-11-16)18(19)20/h6-9,11-34H,1-2H3;1-12H;6-13,19-20H,1H3.